The highest BCUT2D eigenvalue weighted by Crippen LogP contribution is 2.61. The largest absolute Gasteiger partial charge is 0.506 e. The Morgan fingerprint density at radius 3 is 2.57 bits per heavy atom. The standard InChI is InChI=1S/C15H20O6/c1-14-2-4-15(8-14,5-3-14)13(19)21-7-10-12(18)11(17)9(16)6-20-10/h10,17-18H,2-8H2,1H3. The van der Waals surface area contributed by atoms with Gasteiger partial charge in [-0.3, -0.25) is 9.59 Å². The molecular weight excluding hydrogens is 276 g/mol. The minimum Gasteiger partial charge on any atom is -0.506 e. The van der Waals surface area contributed by atoms with Gasteiger partial charge in [-0.05, 0) is 37.5 Å². The summed E-state index contributed by atoms with van der Waals surface area (Å²) in [5, 5.41) is 19.0. The topological polar surface area (TPSA) is 93.1 Å². The Morgan fingerprint density at radius 1 is 1.33 bits per heavy atom. The third kappa shape index (κ3) is 2.31. The van der Waals surface area contributed by atoms with E-state index in [1.165, 1.54) is 0 Å². The van der Waals surface area contributed by atoms with Gasteiger partial charge in [0, 0.05) is 0 Å². The molecule has 2 bridgehead atoms. The maximum Gasteiger partial charge on any atom is 0.312 e. The highest BCUT2D eigenvalue weighted by molar-refractivity contribution is 5.95. The van der Waals surface area contributed by atoms with Crippen LogP contribution in [0.3, 0.4) is 0 Å². The molecule has 0 aromatic carbocycles. The smallest absolute Gasteiger partial charge is 0.312 e. The quantitative estimate of drug-likeness (QED) is 0.771. The summed E-state index contributed by atoms with van der Waals surface area (Å²) in [5.74, 6) is -2.18. The molecule has 6 nitrogen and oxygen atoms in total. The monoisotopic (exact) mass is 296 g/mol. The Morgan fingerprint density at radius 2 is 2.00 bits per heavy atom. The lowest BCUT2D eigenvalue weighted by Gasteiger charge is -2.27. The van der Waals surface area contributed by atoms with Crippen LogP contribution in [0.4, 0.5) is 0 Å². The summed E-state index contributed by atoms with van der Waals surface area (Å²) in [6.45, 7) is 1.71. The van der Waals surface area contributed by atoms with E-state index >= 15 is 0 Å². The van der Waals surface area contributed by atoms with Crippen molar-refractivity contribution in [2.45, 2.75) is 45.1 Å². The molecule has 3 aliphatic rings. The molecule has 1 heterocycles. The van der Waals surface area contributed by atoms with Crippen molar-refractivity contribution >= 4 is 11.8 Å². The van der Waals surface area contributed by atoms with E-state index in [1.54, 1.807) is 0 Å². The molecule has 6 heteroatoms. The molecule has 0 spiro atoms. The molecule has 116 valence electrons. The lowest BCUT2D eigenvalue weighted by Crippen LogP contribution is -2.36. The predicted octanol–water partition coefficient (Wildman–Crippen LogP) is 1.80. The van der Waals surface area contributed by atoms with Crippen LogP contribution >= 0.6 is 0 Å². The third-order valence-electron chi connectivity index (χ3n) is 5.21. The maximum atomic E-state index is 12.4. The molecule has 0 aromatic rings. The van der Waals surface area contributed by atoms with Crippen LogP contribution in [0.15, 0.2) is 11.5 Å². The number of fused-ring (bicyclic) bond motifs is 2. The summed E-state index contributed by atoms with van der Waals surface area (Å²) in [5.41, 5.74) is -0.131. The molecule has 0 aromatic heterocycles. The van der Waals surface area contributed by atoms with E-state index < -0.39 is 23.4 Å². The number of aliphatic hydroxyl groups is 2. The van der Waals surface area contributed by atoms with Gasteiger partial charge < -0.3 is 19.7 Å². The second-order valence-corrected chi connectivity index (χ2v) is 6.82. The molecule has 1 unspecified atom stereocenters. The average molecular weight is 296 g/mol. The molecule has 3 rings (SSSR count). The first kappa shape index (κ1) is 14.4. The lowest BCUT2D eigenvalue weighted by atomic mass is 9.83. The van der Waals surface area contributed by atoms with Crippen molar-refractivity contribution in [2.75, 3.05) is 13.2 Å². The van der Waals surface area contributed by atoms with Crippen LogP contribution in [0.5, 0.6) is 0 Å². The van der Waals surface area contributed by atoms with Crippen LogP contribution < -0.4 is 0 Å². The zero-order valence-electron chi connectivity index (χ0n) is 12.1. The minimum absolute atomic E-state index is 0.180. The van der Waals surface area contributed by atoms with E-state index in [1.807, 2.05) is 0 Å². The van der Waals surface area contributed by atoms with Crippen LogP contribution in [0, 0.1) is 10.8 Å². The number of Topliss-reactive ketones (excluding diaryl/α,β-unsaturated/α-hetero) is 1. The molecule has 2 fully saturated rings. The lowest BCUT2D eigenvalue weighted by molar-refractivity contribution is -0.160. The van der Waals surface area contributed by atoms with Crippen molar-refractivity contribution in [1.29, 1.82) is 0 Å². The van der Waals surface area contributed by atoms with Gasteiger partial charge in [0.1, 0.15) is 13.2 Å². The van der Waals surface area contributed by atoms with Crippen molar-refractivity contribution in [2.24, 2.45) is 10.8 Å². The Hall–Kier alpha value is -1.56. The van der Waals surface area contributed by atoms with Crippen molar-refractivity contribution in [3.8, 4) is 0 Å². The number of ketones is 1. The number of hydrogen-bond acceptors (Lipinski definition) is 6. The van der Waals surface area contributed by atoms with Crippen molar-refractivity contribution in [3.05, 3.63) is 11.5 Å². The molecule has 2 N–H and O–H groups in total. The van der Waals surface area contributed by atoms with Crippen LogP contribution in [0.2, 0.25) is 0 Å². The average Bonchev–Trinajstić information content (AvgIpc) is 2.98. The zero-order chi connectivity index (χ0) is 15.3. The summed E-state index contributed by atoms with van der Waals surface area (Å²) in [6.07, 6.45) is 3.68. The van der Waals surface area contributed by atoms with E-state index in [2.05, 4.69) is 6.92 Å². The molecular formula is C15H20O6. The van der Waals surface area contributed by atoms with Gasteiger partial charge in [-0.1, -0.05) is 6.92 Å². The molecule has 2 saturated carbocycles. The number of carbonyl (C=O) groups excluding carboxylic acids is 2. The highest BCUT2D eigenvalue weighted by atomic mass is 16.6. The van der Waals surface area contributed by atoms with E-state index in [0.717, 1.165) is 32.1 Å². The van der Waals surface area contributed by atoms with Crippen LogP contribution in [-0.4, -0.2) is 41.3 Å². The first-order valence-corrected chi connectivity index (χ1v) is 7.29. The van der Waals surface area contributed by atoms with Crippen LogP contribution in [0.1, 0.15) is 39.0 Å². The molecule has 0 saturated heterocycles. The Bertz CT molecular complexity index is 512. The van der Waals surface area contributed by atoms with E-state index in [0.29, 0.717) is 0 Å². The number of hydrogen-bond donors (Lipinski definition) is 2. The fraction of sp³-hybridized carbons (Fsp3) is 0.733. The number of carbonyl (C=O) groups is 2. The Kier molecular flexibility index (Phi) is 3.24. The summed E-state index contributed by atoms with van der Waals surface area (Å²) < 4.78 is 10.4. The fourth-order valence-electron chi connectivity index (χ4n) is 3.83. The van der Waals surface area contributed by atoms with Gasteiger partial charge in [0.25, 0.3) is 0 Å². The molecule has 1 aliphatic heterocycles. The zero-order valence-corrected chi connectivity index (χ0v) is 12.1. The highest BCUT2D eigenvalue weighted by Gasteiger charge is 2.56. The summed E-state index contributed by atoms with van der Waals surface area (Å²) in [6, 6.07) is 0. The van der Waals surface area contributed by atoms with Crippen LogP contribution in [0.25, 0.3) is 0 Å². The number of esters is 1. The summed E-state index contributed by atoms with van der Waals surface area (Å²) in [7, 11) is 0. The van der Waals surface area contributed by atoms with E-state index in [9.17, 15) is 19.8 Å². The first-order chi connectivity index (χ1) is 9.85. The van der Waals surface area contributed by atoms with Gasteiger partial charge in [-0.15, -0.1) is 0 Å². The number of ether oxygens (including phenoxy) is 2. The van der Waals surface area contributed by atoms with E-state index in [-0.39, 0.29) is 30.0 Å². The normalized spacial score (nSPS) is 38.9. The van der Waals surface area contributed by atoms with Crippen molar-refractivity contribution < 1.29 is 29.3 Å². The number of rotatable bonds is 3. The second kappa shape index (κ2) is 4.73. The number of aliphatic hydroxyl groups excluding tert-OH is 2. The minimum atomic E-state index is -0.961. The SMILES string of the molecule is CC12CCC(C(=O)OCC3OCC(=O)C(O)=C3O)(CC1)C2. The molecule has 21 heavy (non-hydrogen) atoms. The van der Waals surface area contributed by atoms with Gasteiger partial charge in [0.2, 0.25) is 11.5 Å². The van der Waals surface area contributed by atoms with Gasteiger partial charge in [-0.2, -0.15) is 0 Å². The van der Waals surface area contributed by atoms with Crippen molar-refractivity contribution in [1.82, 2.24) is 0 Å². The fourth-order valence-corrected chi connectivity index (χ4v) is 3.83. The molecule has 2 aliphatic carbocycles. The maximum absolute atomic E-state index is 12.4. The Labute approximate surface area is 122 Å². The first-order valence-electron chi connectivity index (χ1n) is 7.29. The van der Waals surface area contributed by atoms with Gasteiger partial charge in [0.05, 0.1) is 5.41 Å². The molecule has 1 atom stereocenters. The Balaban J connectivity index is 1.61. The predicted molar refractivity (Wildman–Crippen MR) is 71.6 cm³/mol. The van der Waals surface area contributed by atoms with Crippen LogP contribution in [-0.2, 0) is 19.1 Å². The van der Waals surface area contributed by atoms with Crippen molar-refractivity contribution in [3.63, 3.8) is 0 Å². The molecule has 0 radical (unpaired) electrons. The van der Waals surface area contributed by atoms with Gasteiger partial charge in [0.15, 0.2) is 11.9 Å². The molecule has 0 amide bonds. The second-order valence-electron chi connectivity index (χ2n) is 6.82. The summed E-state index contributed by atoms with van der Waals surface area (Å²) in [4.78, 5) is 23.5. The van der Waals surface area contributed by atoms with Gasteiger partial charge >= 0.3 is 5.97 Å². The van der Waals surface area contributed by atoms with Gasteiger partial charge in [-0.25, -0.2) is 0 Å². The third-order valence-corrected chi connectivity index (χ3v) is 5.21. The summed E-state index contributed by atoms with van der Waals surface area (Å²) >= 11 is 0. The van der Waals surface area contributed by atoms with E-state index in [4.69, 9.17) is 9.47 Å².